The zero-order valence-electron chi connectivity index (χ0n) is 16.9. The fourth-order valence-corrected chi connectivity index (χ4v) is 3.47. The molecule has 5 heteroatoms. The molecule has 28 heavy (non-hydrogen) atoms. The Morgan fingerprint density at radius 2 is 1.71 bits per heavy atom. The van der Waals surface area contributed by atoms with Gasteiger partial charge in [0.05, 0.1) is 6.61 Å². The SMILES string of the molecule is CCOCc1ccccc1CNC(=NC)N1CCC(Oc2ccccc2)CC1. The Balaban J connectivity index is 1.50. The van der Waals surface area contributed by atoms with Gasteiger partial charge in [-0.1, -0.05) is 42.5 Å². The van der Waals surface area contributed by atoms with Gasteiger partial charge < -0.3 is 19.7 Å². The summed E-state index contributed by atoms with van der Waals surface area (Å²) in [7, 11) is 1.85. The topological polar surface area (TPSA) is 46.1 Å². The van der Waals surface area contributed by atoms with Gasteiger partial charge in [0.1, 0.15) is 11.9 Å². The summed E-state index contributed by atoms with van der Waals surface area (Å²) in [6.07, 6.45) is 2.26. The van der Waals surface area contributed by atoms with Gasteiger partial charge in [-0.25, -0.2) is 0 Å². The second kappa shape index (κ2) is 10.7. The second-order valence-electron chi connectivity index (χ2n) is 6.92. The van der Waals surface area contributed by atoms with E-state index >= 15 is 0 Å². The van der Waals surface area contributed by atoms with Crippen LogP contribution < -0.4 is 10.1 Å². The molecule has 2 aromatic rings. The molecule has 0 atom stereocenters. The summed E-state index contributed by atoms with van der Waals surface area (Å²) < 4.78 is 11.7. The van der Waals surface area contributed by atoms with Crippen molar-refractivity contribution < 1.29 is 9.47 Å². The molecule has 1 N–H and O–H groups in total. The molecule has 0 spiro atoms. The average molecular weight is 382 g/mol. The molecule has 0 amide bonds. The van der Waals surface area contributed by atoms with Crippen LogP contribution in [-0.2, 0) is 17.9 Å². The molecule has 2 aromatic carbocycles. The van der Waals surface area contributed by atoms with Gasteiger partial charge in [0.15, 0.2) is 5.96 Å². The Bertz CT molecular complexity index is 741. The third kappa shape index (κ3) is 5.73. The quantitative estimate of drug-likeness (QED) is 0.585. The van der Waals surface area contributed by atoms with Crippen molar-refractivity contribution in [1.82, 2.24) is 10.2 Å². The Morgan fingerprint density at radius 3 is 2.39 bits per heavy atom. The molecule has 0 aliphatic carbocycles. The van der Waals surface area contributed by atoms with Crippen molar-refractivity contribution in [2.75, 3.05) is 26.7 Å². The summed E-state index contributed by atoms with van der Waals surface area (Å²) in [5, 5.41) is 3.52. The van der Waals surface area contributed by atoms with E-state index in [1.54, 1.807) is 0 Å². The summed E-state index contributed by atoms with van der Waals surface area (Å²) in [6, 6.07) is 18.5. The fraction of sp³-hybridized carbons (Fsp3) is 0.435. The number of guanidine groups is 1. The molecule has 1 aliphatic rings. The number of nitrogens with one attached hydrogen (secondary N) is 1. The first-order valence-corrected chi connectivity index (χ1v) is 10.1. The zero-order valence-corrected chi connectivity index (χ0v) is 16.9. The van der Waals surface area contributed by atoms with Crippen molar-refractivity contribution in [3.63, 3.8) is 0 Å². The molecule has 0 bridgehead atoms. The number of benzene rings is 2. The molecular weight excluding hydrogens is 350 g/mol. The number of ether oxygens (including phenoxy) is 2. The number of hydrogen-bond acceptors (Lipinski definition) is 3. The van der Waals surface area contributed by atoms with Crippen LogP contribution in [0.4, 0.5) is 0 Å². The monoisotopic (exact) mass is 381 g/mol. The molecule has 0 saturated carbocycles. The molecule has 1 fully saturated rings. The maximum atomic E-state index is 6.10. The Hall–Kier alpha value is -2.53. The van der Waals surface area contributed by atoms with Crippen LogP contribution in [0.1, 0.15) is 30.9 Å². The lowest BCUT2D eigenvalue weighted by molar-refractivity contribution is 0.129. The average Bonchev–Trinajstić information content (AvgIpc) is 2.75. The lowest BCUT2D eigenvalue weighted by Crippen LogP contribution is -2.47. The zero-order chi connectivity index (χ0) is 19.6. The maximum Gasteiger partial charge on any atom is 0.193 e. The number of hydrogen-bond donors (Lipinski definition) is 1. The van der Waals surface area contributed by atoms with Crippen LogP contribution in [0.25, 0.3) is 0 Å². The number of likely N-dealkylation sites (tertiary alicyclic amines) is 1. The second-order valence-corrected chi connectivity index (χ2v) is 6.92. The molecule has 0 radical (unpaired) electrons. The fourth-order valence-electron chi connectivity index (χ4n) is 3.47. The van der Waals surface area contributed by atoms with Crippen molar-refractivity contribution in [2.45, 2.75) is 39.0 Å². The Kier molecular flexibility index (Phi) is 7.73. The molecule has 5 nitrogen and oxygen atoms in total. The highest BCUT2D eigenvalue weighted by atomic mass is 16.5. The maximum absolute atomic E-state index is 6.10. The van der Waals surface area contributed by atoms with E-state index in [0.717, 1.165) is 50.8 Å². The molecule has 3 rings (SSSR count). The van der Waals surface area contributed by atoms with Crippen molar-refractivity contribution in [3.8, 4) is 5.75 Å². The largest absolute Gasteiger partial charge is 0.490 e. The van der Waals surface area contributed by atoms with Gasteiger partial charge in [-0.2, -0.15) is 0 Å². The van der Waals surface area contributed by atoms with Crippen molar-refractivity contribution in [3.05, 3.63) is 65.7 Å². The molecule has 1 saturated heterocycles. The summed E-state index contributed by atoms with van der Waals surface area (Å²) in [5.41, 5.74) is 2.47. The number of piperidine rings is 1. The third-order valence-corrected chi connectivity index (χ3v) is 5.02. The van der Waals surface area contributed by atoms with Crippen LogP contribution in [0.5, 0.6) is 5.75 Å². The van der Waals surface area contributed by atoms with Gasteiger partial charge in [-0.05, 0) is 30.2 Å². The minimum atomic E-state index is 0.267. The first-order valence-electron chi connectivity index (χ1n) is 10.1. The highest BCUT2D eigenvalue weighted by Crippen LogP contribution is 2.19. The number of nitrogens with zero attached hydrogens (tertiary/aromatic N) is 2. The summed E-state index contributed by atoms with van der Waals surface area (Å²) in [4.78, 5) is 6.80. The molecular formula is C23H31N3O2. The first-order chi connectivity index (χ1) is 13.8. The van der Waals surface area contributed by atoms with E-state index in [1.807, 2.05) is 44.3 Å². The van der Waals surface area contributed by atoms with Crippen LogP contribution in [-0.4, -0.2) is 43.7 Å². The van der Waals surface area contributed by atoms with Gasteiger partial charge in [0.2, 0.25) is 0 Å². The van der Waals surface area contributed by atoms with E-state index in [1.165, 1.54) is 11.1 Å². The minimum Gasteiger partial charge on any atom is -0.490 e. The standard InChI is InChI=1S/C23H31N3O2/c1-3-27-18-20-10-8-7-9-19(20)17-25-23(24-2)26-15-13-22(14-16-26)28-21-11-5-4-6-12-21/h4-12,22H,3,13-18H2,1-2H3,(H,24,25). The summed E-state index contributed by atoms with van der Waals surface area (Å²) in [6.45, 7) is 6.03. The van der Waals surface area contributed by atoms with Crippen LogP contribution in [0.3, 0.4) is 0 Å². The van der Waals surface area contributed by atoms with Crippen LogP contribution in [0.15, 0.2) is 59.6 Å². The molecule has 1 heterocycles. The highest BCUT2D eigenvalue weighted by molar-refractivity contribution is 5.80. The van der Waals surface area contributed by atoms with E-state index in [9.17, 15) is 0 Å². The van der Waals surface area contributed by atoms with Gasteiger partial charge in [0.25, 0.3) is 0 Å². The van der Waals surface area contributed by atoms with Gasteiger partial charge in [0, 0.05) is 46.1 Å². The number of aliphatic imine (C=N–C) groups is 1. The van der Waals surface area contributed by atoms with Gasteiger partial charge in [-0.15, -0.1) is 0 Å². The van der Waals surface area contributed by atoms with E-state index < -0.39 is 0 Å². The highest BCUT2D eigenvalue weighted by Gasteiger charge is 2.22. The van der Waals surface area contributed by atoms with E-state index in [4.69, 9.17) is 9.47 Å². The van der Waals surface area contributed by atoms with Crippen LogP contribution >= 0.6 is 0 Å². The van der Waals surface area contributed by atoms with E-state index in [0.29, 0.717) is 6.61 Å². The van der Waals surface area contributed by atoms with Crippen LogP contribution in [0.2, 0.25) is 0 Å². The lowest BCUT2D eigenvalue weighted by Gasteiger charge is -2.34. The van der Waals surface area contributed by atoms with Crippen molar-refractivity contribution >= 4 is 5.96 Å². The smallest absolute Gasteiger partial charge is 0.193 e. The molecule has 0 unspecified atom stereocenters. The molecule has 150 valence electrons. The Morgan fingerprint density at radius 1 is 1.04 bits per heavy atom. The van der Waals surface area contributed by atoms with Gasteiger partial charge in [-0.3, -0.25) is 4.99 Å². The summed E-state index contributed by atoms with van der Waals surface area (Å²) >= 11 is 0. The first kappa shape index (κ1) is 20.2. The lowest BCUT2D eigenvalue weighted by atomic mass is 10.1. The van der Waals surface area contributed by atoms with Crippen molar-refractivity contribution in [2.24, 2.45) is 4.99 Å². The third-order valence-electron chi connectivity index (χ3n) is 5.02. The number of rotatable bonds is 7. The molecule has 0 aromatic heterocycles. The predicted octanol–water partition coefficient (Wildman–Crippen LogP) is 3.84. The van der Waals surface area contributed by atoms with E-state index in [-0.39, 0.29) is 6.10 Å². The molecule has 1 aliphatic heterocycles. The van der Waals surface area contributed by atoms with Crippen LogP contribution in [0, 0.1) is 0 Å². The Labute approximate surface area is 168 Å². The number of para-hydroxylation sites is 1. The predicted molar refractivity (Wildman–Crippen MR) is 114 cm³/mol. The van der Waals surface area contributed by atoms with Gasteiger partial charge >= 0.3 is 0 Å². The minimum absolute atomic E-state index is 0.267. The van der Waals surface area contributed by atoms with Crippen molar-refractivity contribution in [1.29, 1.82) is 0 Å². The normalized spacial score (nSPS) is 15.5. The summed E-state index contributed by atoms with van der Waals surface area (Å²) in [5.74, 6) is 1.90. The van der Waals surface area contributed by atoms with E-state index in [2.05, 4.69) is 39.5 Å².